The van der Waals surface area contributed by atoms with Gasteiger partial charge in [-0.25, -0.2) is 4.79 Å². The first-order chi connectivity index (χ1) is 17.6. The van der Waals surface area contributed by atoms with Crippen molar-refractivity contribution < 1.29 is 52.3 Å². The van der Waals surface area contributed by atoms with Gasteiger partial charge in [0, 0.05) is 25.0 Å². The van der Waals surface area contributed by atoms with Crippen molar-refractivity contribution >= 4 is 12.0 Å². The molecule has 3 aliphatic rings. The van der Waals surface area contributed by atoms with E-state index in [9.17, 15) is 9.59 Å². The molecule has 0 unspecified atom stereocenters. The number of hydroxylamine groups is 1. The molecule has 3 heterocycles. The molecule has 2 amide bonds. The monoisotopic (exact) mass is 536 g/mol. The molecule has 2 bridgehead atoms. The normalized spacial score (nSPS) is 23.1. The Morgan fingerprint density at radius 2 is 1.32 bits per heavy atom. The lowest BCUT2D eigenvalue weighted by molar-refractivity contribution is -0.467. The third kappa shape index (κ3) is 14.2. The van der Waals surface area contributed by atoms with E-state index in [-0.39, 0.29) is 17.9 Å². The summed E-state index contributed by atoms with van der Waals surface area (Å²) >= 11 is 0. The number of rotatable bonds is 19. The quantitative estimate of drug-likeness (QED) is 0.181. The van der Waals surface area contributed by atoms with Crippen molar-refractivity contribution in [3.05, 3.63) is 0 Å². The lowest BCUT2D eigenvalue weighted by Crippen LogP contribution is -2.58. The van der Waals surface area contributed by atoms with E-state index in [1.165, 1.54) is 0 Å². The van der Waals surface area contributed by atoms with Gasteiger partial charge >= 0.3 is 6.09 Å². The highest BCUT2D eigenvalue weighted by molar-refractivity contribution is 5.77. The van der Waals surface area contributed by atoms with Crippen LogP contribution in [0.15, 0.2) is 0 Å². The number of ether oxygens (including phenoxy) is 8. The van der Waals surface area contributed by atoms with Crippen LogP contribution >= 0.6 is 0 Å². The van der Waals surface area contributed by atoms with E-state index in [1.807, 2.05) is 5.48 Å². The van der Waals surface area contributed by atoms with E-state index in [0.29, 0.717) is 85.6 Å². The standard InChI is InChI=1S/C24H44N2O11/c1-22(2,3)37-21(28)26-36-16-20(27)25-7-9-30-11-13-32-15-14-31-12-10-29-8-5-6-24-33-17-23(4,18-34-24)19-35-24/h5-19H2,1-4H3,(H,25,27)(H,26,28). The average molecular weight is 537 g/mol. The molecule has 0 aromatic heterocycles. The molecule has 0 saturated carbocycles. The molecule has 2 N–H and O–H groups in total. The molecule has 3 saturated heterocycles. The van der Waals surface area contributed by atoms with Gasteiger partial charge in [0.15, 0.2) is 6.61 Å². The highest BCUT2D eigenvalue weighted by Crippen LogP contribution is 2.40. The lowest BCUT2D eigenvalue weighted by Gasteiger charge is -2.50. The molecule has 0 aromatic rings. The van der Waals surface area contributed by atoms with Crippen LogP contribution in [0.25, 0.3) is 0 Å². The number of hydrogen-bond donors (Lipinski definition) is 2. The highest BCUT2D eigenvalue weighted by Gasteiger charge is 2.49. The summed E-state index contributed by atoms with van der Waals surface area (Å²) in [6, 6.07) is 0. The molecule has 0 aromatic carbocycles. The lowest BCUT2D eigenvalue weighted by atomic mass is 9.91. The Hall–Kier alpha value is -1.58. The fourth-order valence-corrected chi connectivity index (χ4v) is 3.24. The van der Waals surface area contributed by atoms with Crippen molar-refractivity contribution in [1.82, 2.24) is 10.8 Å². The van der Waals surface area contributed by atoms with E-state index in [1.54, 1.807) is 20.8 Å². The smallest absolute Gasteiger partial charge is 0.431 e. The summed E-state index contributed by atoms with van der Waals surface area (Å²) < 4.78 is 44.1. The predicted octanol–water partition coefficient (Wildman–Crippen LogP) is 1.14. The van der Waals surface area contributed by atoms with Gasteiger partial charge in [-0.05, 0) is 27.2 Å². The first-order valence-corrected chi connectivity index (χ1v) is 12.7. The molecule has 3 fully saturated rings. The maximum Gasteiger partial charge on any atom is 0.431 e. The van der Waals surface area contributed by atoms with Gasteiger partial charge in [0.25, 0.3) is 5.97 Å². The van der Waals surface area contributed by atoms with Gasteiger partial charge in [-0.15, -0.1) is 0 Å². The van der Waals surface area contributed by atoms with Crippen LogP contribution in [0.5, 0.6) is 0 Å². The number of fused-ring (bicyclic) bond motifs is 3. The first-order valence-electron chi connectivity index (χ1n) is 12.7. The number of nitrogens with one attached hydrogen (secondary N) is 2. The SMILES string of the molecule is CC12COC(CCCOCCOCCOCCOCCNC(=O)CONC(=O)OC(C)(C)C)(OC1)OC2. The van der Waals surface area contributed by atoms with Crippen LogP contribution < -0.4 is 10.8 Å². The van der Waals surface area contributed by atoms with E-state index in [0.717, 1.165) is 6.42 Å². The molecular weight excluding hydrogens is 492 g/mol. The summed E-state index contributed by atoms with van der Waals surface area (Å²) in [7, 11) is 0. The van der Waals surface area contributed by atoms with E-state index < -0.39 is 17.7 Å². The van der Waals surface area contributed by atoms with E-state index >= 15 is 0 Å². The van der Waals surface area contributed by atoms with E-state index in [4.69, 9.17) is 42.7 Å². The third-order valence-corrected chi connectivity index (χ3v) is 5.14. The summed E-state index contributed by atoms with van der Waals surface area (Å²) in [5.74, 6) is -1.27. The van der Waals surface area contributed by atoms with Gasteiger partial charge < -0.3 is 43.2 Å². The topological polar surface area (TPSA) is 141 Å². The number of amides is 2. The third-order valence-electron chi connectivity index (χ3n) is 5.14. The molecule has 0 spiro atoms. The largest absolute Gasteiger partial charge is 0.442 e. The average Bonchev–Trinajstić information content (AvgIpc) is 2.83. The van der Waals surface area contributed by atoms with Crippen molar-refractivity contribution in [2.75, 3.05) is 85.8 Å². The van der Waals surface area contributed by atoms with Crippen molar-refractivity contribution in [2.45, 2.75) is 52.1 Å². The summed E-state index contributed by atoms with van der Waals surface area (Å²) in [5.41, 5.74) is 1.38. The fourth-order valence-electron chi connectivity index (χ4n) is 3.24. The van der Waals surface area contributed by atoms with Gasteiger partial charge in [0.1, 0.15) is 5.60 Å². The molecule has 3 aliphatic heterocycles. The van der Waals surface area contributed by atoms with Crippen LogP contribution in [0.4, 0.5) is 4.79 Å². The molecule has 0 aliphatic carbocycles. The minimum absolute atomic E-state index is 0.0207. The van der Waals surface area contributed by atoms with Crippen LogP contribution in [-0.4, -0.2) is 109 Å². The summed E-state index contributed by atoms with van der Waals surface area (Å²) in [4.78, 5) is 27.8. The Balaban J connectivity index is 1.26. The molecule has 0 radical (unpaired) electrons. The second kappa shape index (κ2) is 16.4. The summed E-state index contributed by atoms with van der Waals surface area (Å²) in [6.07, 6.45) is 0.669. The molecule has 3 rings (SSSR count). The van der Waals surface area contributed by atoms with Crippen molar-refractivity contribution in [3.8, 4) is 0 Å². The maximum absolute atomic E-state index is 11.6. The molecule has 13 nitrogen and oxygen atoms in total. The minimum atomic E-state index is -0.885. The number of hydrogen-bond acceptors (Lipinski definition) is 11. The Bertz CT molecular complexity index is 647. The van der Waals surface area contributed by atoms with Crippen LogP contribution in [-0.2, 0) is 47.5 Å². The van der Waals surface area contributed by atoms with Crippen LogP contribution in [0, 0.1) is 5.41 Å². The molecular formula is C24H44N2O11. The minimum Gasteiger partial charge on any atom is -0.442 e. The zero-order valence-corrected chi connectivity index (χ0v) is 22.6. The van der Waals surface area contributed by atoms with Crippen LogP contribution in [0.3, 0.4) is 0 Å². The second-order valence-corrected chi connectivity index (χ2v) is 10.2. The fraction of sp³-hybridized carbons (Fsp3) is 0.917. The van der Waals surface area contributed by atoms with Gasteiger partial charge in [-0.3, -0.25) is 9.63 Å². The zero-order valence-electron chi connectivity index (χ0n) is 22.6. The second-order valence-electron chi connectivity index (χ2n) is 10.2. The molecule has 0 atom stereocenters. The maximum atomic E-state index is 11.6. The predicted molar refractivity (Wildman–Crippen MR) is 130 cm³/mol. The highest BCUT2D eigenvalue weighted by atomic mass is 16.9. The summed E-state index contributed by atoms with van der Waals surface area (Å²) in [5, 5.41) is 2.60. The Morgan fingerprint density at radius 1 is 0.811 bits per heavy atom. The summed E-state index contributed by atoms with van der Waals surface area (Å²) in [6.45, 7) is 12.9. The van der Waals surface area contributed by atoms with Crippen LogP contribution in [0.1, 0.15) is 40.5 Å². The first kappa shape index (κ1) is 31.6. The van der Waals surface area contributed by atoms with Gasteiger partial charge in [0.2, 0.25) is 5.91 Å². The van der Waals surface area contributed by atoms with Crippen molar-refractivity contribution in [1.29, 1.82) is 0 Å². The number of carbonyl (C=O) groups is 2. The zero-order chi connectivity index (χ0) is 27.0. The van der Waals surface area contributed by atoms with Gasteiger partial charge in [-0.1, -0.05) is 6.92 Å². The Kier molecular flexibility index (Phi) is 14.0. The molecule has 37 heavy (non-hydrogen) atoms. The Labute approximate surface area is 219 Å². The Morgan fingerprint density at radius 3 is 1.86 bits per heavy atom. The number of carbonyl (C=O) groups excluding carboxylic acids is 2. The van der Waals surface area contributed by atoms with Crippen LogP contribution in [0.2, 0.25) is 0 Å². The van der Waals surface area contributed by atoms with Crippen molar-refractivity contribution in [2.24, 2.45) is 5.41 Å². The van der Waals surface area contributed by atoms with E-state index in [2.05, 4.69) is 12.2 Å². The molecule has 13 heteroatoms. The van der Waals surface area contributed by atoms with Crippen molar-refractivity contribution in [3.63, 3.8) is 0 Å². The molecule has 216 valence electrons. The van der Waals surface area contributed by atoms with Gasteiger partial charge in [0.05, 0.1) is 66.1 Å². The van der Waals surface area contributed by atoms with Gasteiger partial charge in [-0.2, -0.15) is 5.48 Å².